The van der Waals surface area contributed by atoms with E-state index in [4.69, 9.17) is 36.8 Å². The molecule has 0 radical (unpaired) electrons. The molecule has 0 amide bonds. The van der Waals surface area contributed by atoms with Crippen LogP contribution in [-0.4, -0.2) is 75.2 Å². The van der Waals surface area contributed by atoms with E-state index in [0.29, 0.717) is 0 Å². The highest BCUT2D eigenvalue weighted by molar-refractivity contribution is 7.66. The normalized spacial score (nSPS) is 19.2. The Hall–Kier alpha value is -1.07. The average molecular weight is 544 g/mol. The fraction of sp³-hybridized carbons (Fsp3) is 0.500. The molecule has 0 saturated carbocycles. The number of aromatic nitrogens is 4. The van der Waals surface area contributed by atoms with Crippen LogP contribution in [0.4, 0.5) is 5.95 Å². The number of aliphatic hydroxyl groups excluding tert-OH is 2. The molecular formula is C10H17ClN5O13P3. The number of halogens is 1. The highest BCUT2D eigenvalue weighted by Gasteiger charge is 2.41. The minimum absolute atomic E-state index is 0.0364. The molecule has 0 aliphatic heterocycles. The number of hydrogen-bond donors (Lipinski definition) is 7. The summed E-state index contributed by atoms with van der Waals surface area (Å²) in [5.74, 6) is -0.262. The first kappa shape index (κ1) is 27.2. The van der Waals surface area contributed by atoms with Gasteiger partial charge in [0, 0.05) is 7.11 Å². The van der Waals surface area contributed by atoms with Crippen LogP contribution in [0.5, 0.6) is 0 Å². The van der Waals surface area contributed by atoms with Crippen molar-refractivity contribution in [2.45, 2.75) is 18.4 Å². The molecule has 8 N–H and O–H groups in total. The van der Waals surface area contributed by atoms with E-state index >= 15 is 0 Å². The Bertz CT molecular complexity index is 1110. The van der Waals surface area contributed by atoms with Crippen molar-refractivity contribution in [3.63, 3.8) is 0 Å². The van der Waals surface area contributed by atoms with Crippen molar-refractivity contribution in [1.29, 1.82) is 0 Å². The van der Waals surface area contributed by atoms with Gasteiger partial charge in [-0.05, 0) is 0 Å². The van der Waals surface area contributed by atoms with E-state index in [9.17, 15) is 28.8 Å². The SMILES string of the molecule is COC(COP(=O)(O)OP(=O)(O)OP(=O)(O)O)C(O)C(O)n1cnc2c(Cl)nc(N)nc21. The largest absolute Gasteiger partial charge is 0.490 e. The quantitative estimate of drug-likeness (QED) is 0.136. The molecular weight excluding hydrogens is 527 g/mol. The number of ether oxygens (including phenoxy) is 1. The molecule has 0 aliphatic carbocycles. The minimum Gasteiger partial charge on any atom is -0.386 e. The number of phosphoric ester groups is 1. The zero-order valence-corrected chi connectivity index (χ0v) is 19.1. The topological polar surface area (TPSA) is 279 Å². The van der Waals surface area contributed by atoms with Crippen LogP contribution in [0.3, 0.4) is 0 Å². The number of nitrogen functional groups attached to an aromatic ring is 1. The van der Waals surface area contributed by atoms with Crippen LogP contribution in [0.2, 0.25) is 5.15 Å². The Kier molecular flexibility index (Phi) is 8.53. The van der Waals surface area contributed by atoms with Crippen LogP contribution in [0.15, 0.2) is 6.33 Å². The number of imidazole rings is 1. The summed E-state index contributed by atoms with van der Waals surface area (Å²) in [5.41, 5.74) is 5.45. The number of methoxy groups -OCH3 is 1. The van der Waals surface area contributed by atoms with Gasteiger partial charge in [0.2, 0.25) is 5.95 Å². The Labute approximate surface area is 183 Å². The lowest BCUT2D eigenvalue weighted by Gasteiger charge is -2.27. The Morgan fingerprint density at radius 1 is 1.12 bits per heavy atom. The lowest BCUT2D eigenvalue weighted by molar-refractivity contribution is -0.114. The number of rotatable bonds is 11. The minimum atomic E-state index is -5.73. The highest BCUT2D eigenvalue weighted by Crippen LogP contribution is 2.66. The maximum atomic E-state index is 11.8. The monoisotopic (exact) mass is 543 g/mol. The maximum Gasteiger partial charge on any atom is 0.490 e. The van der Waals surface area contributed by atoms with E-state index < -0.39 is 48.5 Å². The van der Waals surface area contributed by atoms with Gasteiger partial charge in [-0.3, -0.25) is 9.09 Å². The van der Waals surface area contributed by atoms with Crippen molar-refractivity contribution in [1.82, 2.24) is 19.5 Å². The zero-order chi connectivity index (χ0) is 24.5. The van der Waals surface area contributed by atoms with Gasteiger partial charge in [-0.15, -0.1) is 0 Å². The number of aliphatic hydroxyl groups is 2. The van der Waals surface area contributed by atoms with E-state index in [2.05, 4.69) is 28.1 Å². The van der Waals surface area contributed by atoms with Crippen molar-refractivity contribution in [2.75, 3.05) is 19.5 Å². The number of hydrogen-bond acceptors (Lipinski definition) is 13. The van der Waals surface area contributed by atoms with E-state index in [1.807, 2.05) is 0 Å². The molecule has 0 aromatic carbocycles. The molecule has 2 aromatic rings. The van der Waals surface area contributed by atoms with Crippen LogP contribution in [0, 0.1) is 0 Å². The zero-order valence-electron chi connectivity index (χ0n) is 15.6. The summed E-state index contributed by atoms with van der Waals surface area (Å²) in [6, 6.07) is 0. The number of phosphoric acid groups is 3. The van der Waals surface area contributed by atoms with Crippen LogP contribution in [0.1, 0.15) is 6.23 Å². The molecule has 0 fully saturated rings. The highest BCUT2D eigenvalue weighted by atomic mass is 35.5. The number of anilines is 1. The summed E-state index contributed by atoms with van der Waals surface area (Å²) >= 11 is 5.87. The van der Waals surface area contributed by atoms with Gasteiger partial charge < -0.3 is 40.3 Å². The Morgan fingerprint density at radius 3 is 2.31 bits per heavy atom. The molecule has 0 saturated heterocycles. The summed E-state index contributed by atoms with van der Waals surface area (Å²) in [4.78, 5) is 47.0. The second-order valence-corrected chi connectivity index (χ2v) is 10.5. The summed E-state index contributed by atoms with van der Waals surface area (Å²) < 4.78 is 51.0. The number of nitrogens with zero attached hydrogens (tertiary/aromatic N) is 4. The molecule has 22 heteroatoms. The molecule has 5 unspecified atom stereocenters. The average Bonchev–Trinajstić information content (AvgIpc) is 3.02. The van der Waals surface area contributed by atoms with Gasteiger partial charge >= 0.3 is 23.5 Å². The van der Waals surface area contributed by atoms with Crippen molar-refractivity contribution in [3.8, 4) is 0 Å². The molecule has 32 heavy (non-hydrogen) atoms. The van der Waals surface area contributed by atoms with Crippen molar-refractivity contribution < 1.29 is 61.4 Å². The van der Waals surface area contributed by atoms with Crippen LogP contribution >= 0.6 is 35.1 Å². The fourth-order valence-electron chi connectivity index (χ4n) is 2.22. The first-order valence-corrected chi connectivity index (χ1v) is 12.8. The maximum absolute atomic E-state index is 11.8. The van der Waals surface area contributed by atoms with E-state index in [1.54, 1.807) is 0 Å². The van der Waals surface area contributed by atoms with E-state index in [0.717, 1.165) is 18.0 Å². The first-order chi connectivity index (χ1) is 14.6. The number of nitrogens with two attached hydrogens (primary N) is 1. The second-order valence-electron chi connectivity index (χ2n) is 5.76. The standard InChI is InChI=1S/C10H17ClN5O13P3/c1-26-4(2-27-31(22,23)29-32(24,25)28-30(19,20)21)6(17)9(18)16-3-13-5-7(11)14-10(12)15-8(5)16/h3-4,6,9,17-18H,2H2,1H3,(H,22,23)(H,24,25)(H2,12,14,15)(H2,19,20,21). The van der Waals surface area contributed by atoms with Crippen LogP contribution in [0.25, 0.3) is 11.2 Å². The smallest absolute Gasteiger partial charge is 0.386 e. The molecule has 182 valence electrons. The predicted octanol–water partition coefficient (Wildman–Crippen LogP) is -0.728. The van der Waals surface area contributed by atoms with Crippen LogP contribution < -0.4 is 5.73 Å². The lowest BCUT2D eigenvalue weighted by Crippen LogP contribution is -2.39. The second kappa shape index (κ2) is 10.0. The van der Waals surface area contributed by atoms with Gasteiger partial charge in [-0.2, -0.15) is 18.6 Å². The van der Waals surface area contributed by atoms with E-state index in [-0.39, 0.29) is 22.3 Å². The third-order valence-electron chi connectivity index (χ3n) is 3.49. The third kappa shape index (κ3) is 7.21. The fourth-order valence-corrected chi connectivity index (χ4v) is 5.47. The van der Waals surface area contributed by atoms with E-state index in [1.165, 1.54) is 0 Å². The molecule has 2 rings (SSSR count). The summed E-state index contributed by atoms with van der Waals surface area (Å²) in [6.45, 7) is -1.02. The third-order valence-corrected chi connectivity index (χ3v) is 7.55. The van der Waals surface area contributed by atoms with Crippen molar-refractivity contribution in [2.24, 2.45) is 0 Å². The van der Waals surface area contributed by atoms with Gasteiger partial charge in [-0.25, -0.2) is 18.7 Å². The Morgan fingerprint density at radius 2 is 1.75 bits per heavy atom. The molecule has 18 nitrogen and oxygen atoms in total. The summed E-state index contributed by atoms with van der Waals surface area (Å²) in [6.07, 6.45) is -4.27. The number of fused-ring (bicyclic) bond motifs is 1. The molecule has 5 atom stereocenters. The molecule has 2 aromatic heterocycles. The van der Waals surface area contributed by atoms with Gasteiger partial charge in [0.15, 0.2) is 17.0 Å². The van der Waals surface area contributed by atoms with Gasteiger partial charge in [-0.1, -0.05) is 11.6 Å². The molecule has 0 aliphatic rings. The van der Waals surface area contributed by atoms with Gasteiger partial charge in [0.25, 0.3) is 0 Å². The molecule has 2 heterocycles. The Balaban J connectivity index is 2.13. The van der Waals surface area contributed by atoms with Gasteiger partial charge in [0.05, 0.1) is 12.9 Å². The van der Waals surface area contributed by atoms with Crippen molar-refractivity contribution in [3.05, 3.63) is 11.5 Å². The molecule has 0 bridgehead atoms. The van der Waals surface area contributed by atoms with Crippen molar-refractivity contribution >= 4 is 52.2 Å². The predicted molar refractivity (Wildman–Crippen MR) is 103 cm³/mol. The molecule has 0 spiro atoms. The lowest BCUT2D eigenvalue weighted by atomic mass is 10.2. The summed E-state index contributed by atoms with van der Waals surface area (Å²) in [5, 5.41) is 20.7. The summed E-state index contributed by atoms with van der Waals surface area (Å²) in [7, 11) is -15.7. The first-order valence-electron chi connectivity index (χ1n) is 7.88. The van der Waals surface area contributed by atoms with Gasteiger partial charge in [0.1, 0.15) is 17.7 Å². The van der Waals surface area contributed by atoms with Crippen LogP contribution in [-0.2, 0) is 31.6 Å².